The molecule has 0 aliphatic rings. The average Bonchev–Trinajstić information content (AvgIpc) is 2.69. The van der Waals surface area contributed by atoms with Gasteiger partial charge in [0, 0.05) is 25.6 Å². The molecule has 1 aromatic carbocycles. The predicted octanol–water partition coefficient (Wildman–Crippen LogP) is 1.38. The lowest BCUT2D eigenvalue weighted by Gasteiger charge is -2.03. The number of benzene rings is 1. The van der Waals surface area contributed by atoms with E-state index in [9.17, 15) is 4.39 Å². The smallest absolute Gasteiger partial charge is 0.163 e. The summed E-state index contributed by atoms with van der Waals surface area (Å²) in [7, 11) is 3.82. The van der Waals surface area contributed by atoms with Gasteiger partial charge in [-0.05, 0) is 31.3 Å². The molecule has 0 spiro atoms. The first-order valence-corrected chi connectivity index (χ1v) is 5.51. The van der Waals surface area contributed by atoms with Gasteiger partial charge in [-0.2, -0.15) is 0 Å². The number of aromatic nitrogens is 3. The van der Waals surface area contributed by atoms with Crippen LogP contribution in [0.3, 0.4) is 0 Å². The highest BCUT2D eigenvalue weighted by Gasteiger charge is 2.09. The van der Waals surface area contributed by atoms with Gasteiger partial charge in [0.1, 0.15) is 11.6 Å². The molecule has 90 valence electrons. The molecule has 0 atom stereocenters. The highest BCUT2D eigenvalue weighted by Crippen LogP contribution is 2.17. The van der Waals surface area contributed by atoms with Crippen LogP contribution in [-0.4, -0.2) is 28.4 Å². The standard InChI is InChI=1S/C12H15FN4/c1-14-8-7-11-15-16-12(17(11)2)9-3-5-10(13)6-4-9/h3-6,14H,7-8H2,1-2H3. The largest absolute Gasteiger partial charge is 0.319 e. The number of hydrogen-bond donors (Lipinski definition) is 1. The highest BCUT2D eigenvalue weighted by atomic mass is 19.1. The zero-order valence-electron chi connectivity index (χ0n) is 9.94. The fourth-order valence-corrected chi connectivity index (χ4v) is 1.67. The monoisotopic (exact) mass is 234 g/mol. The molecule has 1 aromatic heterocycles. The number of nitrogens with one attached hydrogen (secondary N) is 1. The summed E-state index contributed by atoms with van der Waals surface area (Å²) < 4.78 is 14.8. The summed E-state index contributed by atoms with van der Waals surface area (Å²) in [5.41, 5.74) is 0.872. The molecule has 0 saturated heterocycles. The van der Waals surface area contributed by atoms with Gasteiger partial charge in [0.2, 0.25) is 0 Å². The summed E-state index contributed by atoms with van der Waals surface area (Å²) in [6.45, 7) is 0.857. The van der Waals surface area contributed by atoms with E-state index in [0.717, 1.165) is 30.2 Å². The third kappa shape index (κ3) is 2.50. The molecule has 0 fully saturated rings. The molecule has 4 nitrogen and oxygen atoms in total. The van der Waals surface area contributed by atoms with Gasteiger partial charge in [-0.15, -0.1) is 10.2 Å². The Kier molecular flexibility index (Phi) is 3.49. The first kappa shape index (κ1) is 11.7. The van der Waals surface area contributed by atoms with E-state index in [1.807, 2.05) is 18.7 Å². The molecule has 0 aliphatic heterocycles. The molecule has 0 unspecified atom stereocenters. The van der Waals surface area contributed by atoms with Gasteiger partial charge in [-0.3, -0.25) is 0 Å². The molecule has 1 heterocycles. The summed E-state index contributed by atoms with van der Waals surface area (Å²) in [4.78, 5) is 0. The van der Waals surface area contributed by atoms with Gasteiger partial charge in [-0.1, -0.05) is 0 Å². The first-order valence-electron chi connectivity index (χ1n) is 5.51. The molecule has 0 saturated carbocycles. The number of hydrogen-bond acceptors (Lipinski definition) is 3. The first-order chi connectivity index (χ1) is 8.22. The fourth-order valence-electron chi connectivity index (χ4n) is 1.67. The SMILES string of the molecule is CNCCc1nnc(-c2ccc(F)cc2)n1C. The zero-order valence-corrected chi connectivity index (χ0v) is 9.94. The molecule has 17 heavy (non-hydrogen) atoms. The topological polar surface area (TPSA) is 42.7 Å². The quantitative estimate of drug-likeness (QED) is 0.869. The Morgan fingerprint density at radius 3 is 2.59 bits per heavy atom. The molecular weight excluding hydrogens is 219 g/mol. The Balaban J connectivity index is 2.27. The molecule has 0 amide bonds. The van der Waals surface area contributed by atoms with Crippen LogP contribution >= 0.6 is 0 Å². The van der Waals surface area contributed by atoms with Crippen molar-refractivity contribution in [2.45, 2.75) is 6.42 Å². The third-order valence-corrected chi connectivity index (χ3v) is 2.67. The maximum atomic E-state index is 12.8. The number of halogens is 1. The number of rotatable bonds is 4. The fraction of sp³-hybridized carbons (Fsp3) is 0.333. The Labute approximate surface area is 99.5 Å². The second kappa shape index (κ2) is 5.05. The molecule has 0 aliphatic carbocycles. The molecular formula is C12H15FN4. The molecule has 0 bridgehead atoms. The van der Waals surface area contributed by atoms with E-state index in [0.29, 0.717) is 0 Å². The van der Waals surface area contributed by atoms with Crippen LogP contribution in [0, 0.1) is 5.82 Å². The Bertz CT molecular complexity index is 490. The minimum Gasteiger partial charge on any atom is -0.319 e. The summed E-state index contributed by atoms with van der Waals surface area (Å²) in [6.07, 6.45) is 0.821. The van der Waals surface area contributed by atoms with Crippen LogP contribution in [0.25, 0.3) is 11.4 Å². The van der Waals surface area contributed by atoms with Crippen LogP contribution in [0.15, 0.2) is 24.3 Å². The lowest BCUT2D eigenvalue weighted by molar-refractivity contribution is 0.628. The zero-order chi connectivity index (χ0) is 12.3. The Morgan fingerprint density at radius 1 is 1.24 bits per heavy atom. The minimum atomic E-state index is -0.244. The number of likely N-dealkylation sites (N-methyl/N-ethyl adjacent to an activating group) is 1. The third-order valence-electron chi connectivity index (χ3n) is 2.67. The van der Waals surface area contributed by atoms with Gasteiger partial charge < -0.3 is 9.88 Å². The van der Waals surface area contributed by atoms with Crippen LogP contribution in [0.2, 0.25) is 0 Å². The van der Waals surface area contributed by atoms with Gasteiger partial charge in [0.25, 0.3) is 0 Å². The maximum absolute atomic E-state index is 12.8. The van der Waals surface area contributed by atoms with E-state index in [1.165, 1.54) is 12.1 Å². The van der Waals surface area contributed by atoms with Crippen molar-refractivity contribution in [3.05, 3.63) is 35.9 Å². The van der Waals surface area contributed by atoms with Crippen LogP contribution < -0.4 is 5.32 Å². The molecule has 2 rings (SSSR count). The summed E-state index contributed by atoms with van der Waals surface area (Å²) >= 11 is 0. The van der Waals surface area contributed by atoms with Crippen molar-refractivity contribution in [3.63, 3.8) is 0 Å². The lowest BCUT2D eigenvalue weighted by Crippen LogP contribution is -2.13. The van der Waals surface area contributed by atoms with Crippen LogP contribution in [0.4, 0.5) is 4.39 Å². The summed E-state index contributed by atoms with van der Waals surface area (Å²) in [5.74, 6) is 1.43. The maximum Gasteiger partial charge on any atom is 0.163 e. The van der Waals surface area contributed by atoms with Crippen molar-refractivity contribution in [2.24, 2.45) is 7.05 Å². The van der Waals surface area contributed by atoms with Crippen molar-refractivity contribution in [1.29, 1.82) is 0 Å². The van der Waals surface area contributed by atoms with Crippen LogP contribution in [-0.2, 0) is 13.5 Å². The van der Waals surface area contributed by atoms with E-state index in [2.05, 4.69) is 15.5 Å². The predicted molar refractivity (Wildman–Crippen MR) is 64.0 cm³/mol. The van der Waals surface area contributed by atoms with E-state index in [4.69, 9.17) is 0 Å². The second-order valence-corrected chi connectivity index (χ2v) is 3.86. The van der Waals surface area contributed by atoms with Gasteiger partial charge in [0.15, 0.2) is 5.82 Å². The average molecular weight is 234 g/mol. The van der Waals surface area contributed by atoms with E-state index in [1.54, 1.807) is 12.1 Å². The lowest BCUT2D eigenvalue weighted by atomic mass is 10.2. The molecule has 5 heteroatoms. The molecule has 0 radical (unpaired) electrons. The normalized spacial score (nSPS) is 10.8. The van der Waals surface area contributed by atoms with Crippen molar-refractivity contribution in [3.8, 4) is 11.4 Å². The van der Waals surface area contributed by atoms with Crippen molar-refractivity contribution >= 4 is 0 Å². The van der Waals surface area contributed by atoms with Crippen molar-refractivity contribution in [2.75, 3.05) is 13.6 Å². The van der Waals surface area contributed by atoms with Gasteiger partial charge in [0.05, 0.1) is 0 Å². The van der Waals surface area contributed by atoms with E-state index < -0.39 is 0 Å². The number of nitrogens with zero attached hydrogens (tertiary/aromatic N) is 3. The van der Waals surface area contributed by atoms with Gasteiger partial charge in [-0.25, -0.2) is 4.39 Å². The van der Waals surface area contributed by atoms with Crippen molar-refractivity contribution in [1.82, 2.24) is 20.1 Å². The highest BCUT2D eigenvalue weighted by molar-refractivity contribution is 5.54. The van der Waals surface area contributed by atoms with Crippen LogP contribution in [0.1, 0.15) is 5.82 Å². The Hall–Kier alpha value is -1.75. The van der Waals surface area contributed by atoms with Crippen molar-refractivity contribution < 1.29 is 4.39 Å². The minimum absolute atomic E-state index is 0.244. The second-order valence-electron chi connectivity index (χ2n) is 3.86. The molecule has 2 aromatic rings. The summed E-state index contributed by atoms with van der Waals surface area (Å²) in [5, 5.41) is 11.3. The summed E-state index contributed by atoms with van der Waals surface area (Å²) in [6, 6.07) is 6.27. The van der Waals surface area contributed by atoms with Crippen LogP contribution in [0.5, 0.6) is 0 Å². The Morgan fingerprint density at radius 2 is 1.94 bits per heavy atom. The van der Waals surface area contributed by atoms with E-state index in [-0.39, 0.29) is 5.82 Å². The van der Waals surface area contributed by atoms with E-state index >= 15 is 0 Å². The molecule has 1 N–H and O–H groups in total. The van der Waals surface area contributed by atoms with Gasteiger partial charge >= 0.3 is 0 Å².